The number of rotatable bonds is 3. The highest BCUT2D eigenvalue weighted by Crippen LogP contribution is 2.23. The fourth-order valence-electron chi connectivity index (χ4n) is 2.49. The van der Waals surface area contributed by atoms with Crippen molar-refractivity contribution in [3.63, 3.8) is 0 Å². The number of benzene rings is 1. The van der Waals surface area contributed by atoms with E-state index in [0.717, 1.165) is 21.6 Å². The van der Waals surface area contributed by atoms with E-state index < -0.39 is 0 Å². The van der Waals surface area contributed by atoms with Gasteiger partial charge < -0.3 is 10.6 Å². The highest BCUT2D eigenvalue weighted by molar-refractivity contribution is 9.11. The molecule has 2 N–H and O–H groups in total. The molecule has 3 nitrogen and oxygen atoms in total. The first kappa shape index (κ1) is 13.8. The lowest BCUT2D eigenvalue weighted by atomic mass is 9.94. The Balaban J connectivity index is 1.66. The van der Waals surface area contributed by atoms with Gasteiger partial charge in [-0.2, -0.15) is 0 Å². The van der Waals surface area contributed by atoms with Gasteiger partial charge in [0.2, 0.25) is 0 Å². The summed E-state index contributed by atoms with van der Waals surface area (Å²) in [6.07, 6.45) is 1.05. The molecule has 5 heteroatoms. The number of amides is 1. The van der Waals surface area contributed by atoms with Crippen LogP contribution in [-0.4, -0.2) is 19.0 Å². The standard InChI is InChI=1S/C15H15BrN2OS/c16-14-6-5-13(20-14)15(19)18-9-12-11-4-2-1-3-10(11)7-8-17-12/h1-6,12,17H,7-9H2,(H,18,19). The monoisotopic (exact) mass is 350 g/mol. The van der Waals surface area contributed by atoms with E-state index in [1.165, 1.54) is 22.5 Å². The number of thiophene rings is 1. The van der Waals surface area contributed by atoms with Crippen LogP contribution in [0.1, 0.15) is 26.8 Å². The Kier molecular flexibility index (Phi) is 4.19. The molecule has 0 saturated heterocycles. The van der Waals surface area contributed by atoms with Gasteiger partial charge in [0.25, 0.3) is 5.91 Å². The molecule has 1 aromatic carbocycles. The van der Waals surface area contributed by atoms with Gasteiger partial charge in [-0.25, -0.2) is 0 Å². The van der Waals surface area contributed by atoms with E-state index in [9.17, 15) is 4.79 Å². The van der Waals surface area contributed by atoms with Gasteiger partial charge >= 0.3 is 0 Å². The fourth-order valence-corrected chi connectivity index (χ4v) is 3.80. The van der Waals surface area contributed by atoms with E-state index in [-0.39, 0.29) is 11.9 Å². The van der Waals surface area contributed by atoms with Gasteiger partial charge in [-0.15, -0.1) is 11.3 Å². The Morgan fingerprint density at radius 2 is 2.20 bits per heavy atom. The summed E-state index contributed by atoms with van der Waals surface area (Å²) < 4.78 is 0.976. The van der Waals surface area contributed by atoms with E-state index in [1.807, 2.05) is 12.1 Å². The molecule has 0 saturated carbocycles. The van der Waals surface area contributed by atoms with Crippen molar-refractivity contribution in [1.82, 2.24) is 10.6 Å². The minimum Gasteiger partial charge on any atom is -0.349 e. The molecule has 1 unspecified atom stereocenters. The molecule has 20 heavy (non-hydrogen) atoms. The SMILES string of the molecule is O=C(NCC1NCCc2ccccc21)c1ccc(Br)s1. The van der Waals surface area contributed by atoms with Crippen LogP contribution in [0.15, 0.2) is 40.2 Å². The van der Waals surface area contributed by atoms with Gasteiger partial charge in [-0.3, -0.25) is 4.79 Å². The second kappa shape index (κ2) is 6.08. The topological polar surface area (TPSA) is 41.1 Å². The molecule has 1 atom stereocenters. The summed E-state index contributed by atoms with van der Waals surface area (Å²) in [5.41, 5.74) is 2.68. The van der Waals surface area contributed by atoms with Crippen molar-refractivity contribution in [3.05, 3.63) is 56.2 Å². The van der Waals surface area contributed by atoms with E-state index in [2.05, 4.69) is 50.8 Å². The molecule has 0 fully saturated rings. The third-order valence-corrected chi connectivity index (χ3v) is 5.10. The van der Waals surface area contributed by atoms with Gasteiger partial charge in [0.05, 0.1) is 8.66 Å². The smallest absolute Gasteiger partial charge is 0.261 e. The van der Waals surface area contributed by atoms with E-state index in [4.69, 9.17) is 0 Å². The highest BCUT2D eigenvalue weighted by atomic mass is 79.9. The summed E-state index contributed by atoms with van der Waals surface area (Å²) in [5.74, 6) is -0.00875. The van der Waals surface area contributed by atoms with Gasteiger partial charge in [0, 0.05) is 12.6 Å². The van der Waals surface area contributed by atoms with Crippen LogP contribution < -0.4 is 10.6 Å². The van der Waals surface area contributed by atoms with Crippen molar-refractivity contribution in [3.8, 4) is 0 Å². The van der Waals surface area contributed by atoms with Crippen LogP contribution in [-0.2, 0) is 6.42 Å². The Morgan fingerprint density at radius 3 is 3.00 bits per heavy atom. The lowest BCUT2D eigenvalue weighted by molar-refractivity contribution is 0.0953. The minimum absolute atomic E-state index is 0.00875. The zero-order valence-electron chi connectivity index (χ0n) is 10.9. The van der Waals surface area contributed by atoms with Gasteiger partial charge in [-0.05, 0) is 52.2 Å². The molecule has 104 valence electrons. The lowest BCUT2D eigenvalue weighted by Crippen LogP contribution is -2.38. The molecule has 1 aliphatic heterocycles. The average Bonchev–Trinajstić information content (AvgIpc) is 2.91. The van der Waals surface area contributed by atoms with Crippen LogP contribution >= 0.6 is 27.3 Å². The first-order valence-electron chi connectivity index (χ1n) is 6.59. The second-order valence-electron chi connectivity index (χ2n) is 4.77. The lowest BCUT2D eigenvalue weighted by Gasteiger charge is -2.27. The van der Waals surface area contributed by atoms with Crippen molar-refractivity contribution >= 4 is 33.2 Å². The molecular formula is C15H15BrN2OS. The first-order chi connectivity index (χ1) is 9.74. The largest absolute Gasteiger partial charge is 0.349 e. The number of nitrogens with one attached hydrogen (secondary N) is 2. The molecule has 1 amide bonds. The maximum Gasteiger partial charge on any atom is 0.261 e. The maximum atomic E-state index is 12.1. The Morgan fingerprint density at radius 1 is 1.35 bits per heavy atom. The van der Waals surface area contributed by atoms with Crippen LogP contribution in [0.2, 0.25) is 0 Å². The fraction of sp³-hybridized carbons (Fsp3) is 0.267. The zero-order chi connectivity index (χ0) is 13.9. The molecule has 1 aromatic heterocycles. The molecule has 0 bridgehead atoms. The highest BCUT2D eigenvalue weighted by Gasteiger charge is 2.20. The van der Waals surface area contributed by atoms with Crippen LogP contribution in [0.3, 0.4) is 0 Å². The number of fused-ring (bicyclic) bond motifs is 1. The summed E-state index contributed by atoms with van der Waals surface area (Å²) in [4.78, 5) is 12.8. The summed E-state index contributed by atoms with van der Waals surface area (Å²) in [5, 5.41) is 6.48. The molecule has 2 aromatic rings. The zero-order valence-corrected chi connectivity index (χ0v) is 13.3. The molecule has 0 aliphatic carbocycles. The number of halogens is 1. The molecule has 3 rings (SSSR count). The van der Waals surface area contributed by atoms with Crippen molar-refractivity contribution in [1.29, 1.82) is 0 Å². The Hall–Kier alpha value is -1.17. The quantitative estimate of drug-likeness (QED) is 0.892. The third kappa shape index (κ3) is 2.95. The Bertz CT molecular complexity index is 626. The van der Waals surface area contributed by atoms with Crippen molar-refractivity contribution in [2.75, 3.05) is 13.1 Å². The molecule has 1 aliphatic rings. The van der Waals surface area contributed by atoms with Crippen molar-refractivity contribution in [2.45, 2.75) is 12.5 Å². The second-order valence-corrected chi connectivity index (χ2v) is 7.23. The molecule has 0 spiro atoms. The van der Waals surface area contributed by atoms with Crippen LogP contribution in [0, 0.1) is 0 Å². The van der Waals surface area contributed by atoms with Crippen LogP contribution in [0.25, 0.3) is 0 Å². The van der Waals surface area contributed by atoms with E-state index in [0.29, 0.717) is 6.54 Å². The predicted octanol–water partition coefficient (Wildman–Crippen LogP) is 3.13. The summed E-state index contributed by atoms with van der Waals surface area (Å²) in [7, 11) is 0. The average molecular weight is 351 g/mol. The van der Waals surface area contributed by atoms with Crippen LogP contribution in [0.4, 0.5) is 0 Å². The van der Waals surface area contributed by atoms with Gasteiger partial charge in [0.1, 0.15) is 0 Å². The maximum absolute atomic E-state index is 12.1. The number of carbonyl (C=O) groups is 1. The Labute approximate surface area is 130 Å². The number of hydrogen-bond donors (Lipinski definition) is 2. The summed E-state index contributed by atoms with van der Waals surface area (Å²) >= 11 is 4.83. The number of hydrogen-bond acceptors (Lipinski definition) is 3. The minimum atomic E-state index is -0.00875. The normalized spacial score (nSPS) is 17.6. The molecule has 2 heterocycles. The molecular weight excluding hydrogens is 336 g/mol. The predicted molar refractivity (Wildman–Crippen MR) is 85.2 cm³/mol. The first-order valence-corrected chi connectivity index (χ1v) is 8.20. The van der Waals surface area contributed by atoms with Crippen molar-refractivity contribution in [2.24, 2.45) is 0 Å². The van der Waals surface area contributed by atoms with E-state index >= 15 is 0 Å². The summed E-state index contributed by atoms with van der Waals surface area (Å²) in [6.45, 7) is 1.58. The van der Waals surface area contributed by atoms with Crippen molar-refractivity contribution < 1.29 is 4.79 Å². The summed E-state index contributed by atoms with van der Waals surface area (Å²) in [6, 6.07) is 12.4. The number of carbonyl (C=O) groups excluding carboxylic acids is 1. The third-order valence-electron chi connectivity index (χ3n) is 3.48. The van der Waals surface area contributed by atoms with Gasteiger partial charge in [0.15, 0.2) is 0 Å². The van der Waals surface area contributed by atoms with Gasteiger partial charge in [-0.1, -0.05) is 24.3 Å². The van der Waals surface area contributed by atoms with E-state index in [1.54, 1.807) is 0 Å². The van der Waals surface area contributed by atoms with Crippen LogP contribution in [0.5, 0.6) is 0 Å². The molecule has 0 radical (unpaired) electrons.